The molecule has 0 aliphatic rings. The Bertz CT molecular complexity index is 530. The lowest BCUT2D eigenvalue weighted by Crippen LogP contribution is -2.12. The van der Waals surface area contributed by atoms with E-state index >= 15 is 0 Å². The number of rotatable bonds is 4. The molecule has 0 radical (unpaired) electrons. The van der Waals surface area contributed by atoms with Gasteiger partial charge in [-0.3, -0.25) is 14.7 Å². The first-order chi connectivity index (χ1) is 8.12. The lowest BCUT2D eigenvalue weighted by molar-refractivity contribution is -0.384. The van der Waals surface area contributed by atoms with E-state index in [0.29, 0.717) is 0 Å². The molecule has 0 bridgehead atoms. The maximum absolute atomic E-state index is 11.3. The van der Waals surface area contributed by atoms with E-state index in [4.69, 9.17) is 27.9 Å². The van der Waals surface area contributed by atoms with Crippen molar-refractivity contribution in [3.63, 3.8) is 0 Å². The summed E-state index contributed by atoms with van der Waals surface area (Å²) in [6.07, 6.45) is 0. The first-order valence-electron chi connectivity index (χ1n) is 4.73. The van der Waals surface area contributed by atoms with Gasteiger partial charge < -0.3 is 9.63 Å². The Kier molecular flexibility index (Phi) is 4.61. The molecule has 0 saturated heterocycles. The second kappa shape index (κ2) is 5.45. The van der Waals surface area contributed by atoms with Crippen LogP contribution in [-0.4, -0.2) is 22.3 Å². The van der Waals surface area contributed by atoms with Crippen molar-refractivity contribution in [3.05, 3.63) is 32.3 Å². The number of nitro benzene ring substituents is 1. The first-order valence-corrected chi connectivity index (χ1v) is 7.66. The van der Waals surface area contributed by atoms with Gasteiger partial charge in [0.15, 0.2) is 5.85 Å². The highest BCUT2D eigenvalue weighted by Crippen LogP contribution is 2.44. The summed E-state index contributed by atoms with van der Waals surface area (Å²) in [5.74, 6) is -1.09. The van der Waals surface area contributed by atoms with Gasteiger partial charge in [-0.2, -0.15) is 0 Å². The van der Waals surface area contributed by atoms with Crippen LogP contribution in [0.1, 0.15) is 6.92 Å². The molecule has 0 heterocycles. The van der Waals surface area contributed by atoms with E-state index in [0.717, 1.165) is 18.8 Å². The van der Waals surface area contributed by atoms with Gasteiger partial charge in [-0.05, 0) is 13.0 Å². The predicted molar refractivity (Wildman–Crippen MR) is 69.0 cm³/mol. The molecule has 6 nitrogen and oxygen atoms in total. The van der Waals surface area contributed by atoms with Crippen LogP contribution in [0, 0.1) is 10.1 Å². The van der Waals surface area contributed by atoms with Gasteiger partial charge >= 0.3 is 0 Å². The summed E-state index contributed by atoms with van der Waals surface area (Å²) in [5.41, 5.74) is -0.382. The van der Waals surface area contributed by atoms with Gasteiger partial charge in [0.1, 0.15) is 10.8 Å². The molecule has 1 rings (SSSR count). The minimum absolute atomic E-state index is 0.0332. The van der Waals surface area contributed by atoms with Gasteiger partial charge in [0.2, 0.25) is 7.37 Å². The molecule has 0 fully saturated rings. The molecule has 2 atom stereocenters. The maximum atomic E-state index is 11.3. The molecule has 18 heavy (non-hydrogen) atoms. The molecule has 0 aliphatic heterocycles. The fourth-order valence-corrected chi connectivity index (χ4v) is 1.84. The molecular formula is C9H10Cl2NO5P. The average molecular weight is 314 g/mol. The number of halogens is 2. The summed E-state index contributed by atoms with van der Waals surface area (Å²) in [6.45, 7) is 2.49. The summed E-state index contributed by atoms with van der Waals surface area (Å²) >= 11 is 11.4. The Morgan fingerprint density at radius 1 is 1.44 bits per heavy atom. The van der Waals surface area contributed by atoms with Crippen LogP contribution in [0.5, 0.6) is 5.75 Å². The first kappa shape index (κ1) is 15.2. The number of ether oxygens (including phenoxy) is 1. The summed E-state index contributed by atoms with van der Waals surface area (Å²) < 4.78 is 16.5. The Morgan fingerprint density at radius 3 is 2.44 bits per heavy atom. The van der Waals surface area contributed by atoms with Crippen molar-refractivity contribution in [1.82, 2.24) is 0 Å². The second-order valence-corrected chi connectivity index (χ2v) is 7.08. The summed E-state index contributed by atoms with van der Waals surface area (Å²) in [5, 5.41) is 10.6. The van der Waals surface area contributed by atoms with Crippen LogP contribution < -0.4 is 4.74 Å². The maximum Gasteiger partial charge on any atom is 0.291 e. The van der Waals surface area contributed by atoms with Crippen LogP contribution in [0.3, 0.4) is 0 Å². The predicted octanol–water partition coefficient (Wildman–Crippen LogP) is 3.53. The third-order valence-corrected chi connectivity index (χ3v) is 4.22. The Balaban J connectivity index is 3.14. The number of hydrogen-bond donors (Lipinski definition) is 1. The molecule has 1 N–H and O–H groups in total. The highest BCUT2D eigenvalue weighted by atomic mass is 35.5. The summed E-state index contributed by atoms with van der Waals surface area (Å²) in [4.78, 5) is 19.3. The van der Waals surface area contributed by atoms with Gasteiger partial charge in [0, 0.05) is 6.66 Å². The molecule has 1 aromatic rings. The van der Waals surface area contributed by atoms with E-state index in [1.165, 1.54) is 6.92 Å². The molecule has 0 amide bonds. The van der Waals surface area contributed by atoms with Crippen LogP contribution in [-0.2, 0) is 4.57 Å². The molecule has 9 heteroatoms. The smallest absolute Gasteiger partial charge is 0.291 e. The van der Waals surface area contributed by atoms with Crippen molar-refractivity contribution in [3.8, 4) is 5.75 Å². The van der Waals surface area contributed by atoms with E-state index in [-0.39, 0.29) is 21.5 Å². The zero-order chi connectivity index (χ0) is 14.1. The van der Waals surface area contributed by atoms with Crippen LogP contribution in [0.4, 0.5) is 5.69 Å². The third kappa shape index (κ3) is 3.59. The van der Waals surface area contributed by atoms with Gasteiger partial charge in [-0.1, -0.05) is 23.2 Å². The van der Waals surface area contributed by atoms with Crippen molar-refractivity contribution < 1.29 is 19.1 Å². The molecule has 0 saturated carbocycles. The number of nitrogens with zero attached hydrogens (tertiary/aromatic N) is 1. The van der Waals surface area contributed by atoms with E-state index in [2.05, 4.69) is 0 Å². The third-order valence-electron chi connectivity index (χ3n) is 2.17. The van der Waals surface area contributed by atoms with Gasteiger partial charge in [-0.15, -0.1) is 0 Å². The monoisotopic (exact) mass is 313 g/mol. The average Bonchev–Trinajstić information content (AvgIpc) is 2.19. The summed E-state index contributed by atoms with van der Waals surface area (Å²) in [7, 11) is -3.48. The van der Waals surface area contributed by atoms with Gasteiger partial charge in [-0.25, -0.2) is 0 Å². The second-order valence-electron chi connectivity index (χ2n) is 3.65. The molecule has 100 valence electrons. The van der Waals surface area contributed by atoms with Crippen LogP contribution in [0.25, 0.3) is 0 Å². The highest BCUT2D eigenvalue weighted by Gasteiger charge is 2.25. The molecule has 0 aromatic heterocycles. The largest absolute Gasteiger partial charge is 0.479 e. The molecule has 1 aromatic carbocycles. The van der Waals surface area contributed by atoms with E-state index in [1.54, 1.807) is 0 Å². The number of benzene rings is 1. The minimum Gasteiger partial charge on any atom is -0.479 e. The topological polar surface area (TPSA) is 89.7 Å². The van der Waals surface area contributed by atoms with Crippen molar-refractivity contribution in [2.45, 2.75) is 12.8 Å². The standard InChI is InChI=1S/C9H10Cl2NO5P/c1-5(18(2,15)16)17-9-4-8(12(13)14)6(10)3-7(9)11/h3-5H,1-2H3,(H,15,16). The fourth-order valence-electron chi connectivity index (χ4n) is 1.03. The Morgan fingerprint density at radius 2 is 2.00 bits per heavy atom. The normalized spacial score (nSPS) is 15.8. The van der Waals surface area contributed by atoms with E-state index in [9.17, 15) is 19.6 Å². The highest BCUT2D eigenvalue weighted by molar-refractivity contribution is 7.57. The number of hydrogen-bond acceptors (Lipinski definition) is 4. The lowest BCUT2D eigenvalue weighted by atomic mass is 10.3. The van der Waals surface area contributed by atoms with Crippen molar-refractivity contribution in [2.75, 3.05) is 6.66 Å². The SMILES string of the molecule is CC(Oc1cc([N+](=O)[O-])c(Cl)cc1Cl)P(C)(=O)O. The molecule has 0 aliphatic carbocycles. The van der Waals surface area contributed by atoms with Crippen LogP contribution in [0.2, 0.25) is 10.0 Å². The Hall–Kier alpha value is -0.810. The molecule has 2 unspecified atom stereocenters. The minimum atomic E-state index is -3.48. The molecular weight excluding hydrogens is 304 g/mol. The van der Waals surface area contributed by atoms with Crippen molar-refractivity contribution >= 4 is 36.3 Å². The zero-order valence-electron chi connectivity index (χ0n) is 9.46. The van der Waals surface area contributed by atoms with E-state index in [1.807, 2.05) is 0 Å². The molecule has 0 spiro atoms. The quantitative estimate of drug-likeness (QED) is 0.521. The number of nitro groups is 1. The fraction of sp³-hybridized carbons (Fsp3) is 0.333. The lowest BCUT2D eigenvalue weighted by Gasteiger charge is -2.18. The van der Waals surface area contributed by atoms with Crippen molar-refractivity contribution in [1.29, 1.82) is 0 Å². The van der Waals surface area contributed by atoms with Gasteiger partial charge in [0.25, 0.3) is 5.69 Å². The zero-order valence-corrected chi connectivity index (χ0v) is 11.9. The van der Waals surface area contributed by atoms with Crippen molar-refractivity contribution in [2.24, 2.45) is 0 Å². The van der Waals surface area contributed by atoms with E-state index < -0.39 is 18.1 Å². The van der Waals surface area contributed by atoms with Crippen LogP contribution >= 0.6 is 30.6 Å². The van der Waals surface area contributed by atoms with Gasteiger partial charge in [0.05, 0.1) is 16.0 Å². The van der Waals surface area contributed by atoms with Crippen LogP contribution in [0.15, 0.2) is 12.1 Å². The summed E-state index contributed by atoms with van der Waals surface area (Å²) in [6, 6.07) is 2.18. The Labute approximate surface area is 113 Å².